The second-order valence-corrected chi connectivity index (χ2v) is 8.34. The summed E-state index contributed by atoms with van der Waals surface area (Å²) in [6, 6.07) is 1.63. The van der Waals surface area contributed by atoms with E-state index in [0.717, 1.165) is 64.3 Å². The third-order valence-corrected chi connectivity index (χ3v) is 6.40. The molecule has 0 spiro atoms. The first-order valence-corrected chi connectivity index (χ1v) is 11.1. The molecule has 2 aliphatic heterocycles. The normalized spacial score (nSPS) is 28.7. The highest BCUT2D eigenvalue weighted by Crippen LogP contribution is 2.27. The van der Waals surface area contributed by atoms with Crippen LogP contribution in [-0.2, 0) is 0 Å². The van der Waals surface area contributed by atoms with Crippen molar-refractivity contribution < 1.29 is 4.79 Å². The lowest BCUT2D eigenvalue weighted by atomic mass is 9.86. The van der Waals surface area contributed by atoms with Crippen LogP contribution in [0.5, 0.6) is 0 Å². The minimum atomic E-state index is 0.273. The van der Waals surface area contributed by atoms with Crippen LogP contribution in [0.4, 0.5) is 4.79 Å². The van der Waals surface area contributed by atoms with Crippen LogP contribution in [0, 0.1) is 5.92 Å². The molecular weight excluding hydrogens is 324 g/mol. The van der Waals surface area contributed by atoms with E-state index < -0.39 is 0 Å². The van der Waals surface area contributed by atoms with Gasteiger partial charge in [-0.3, -0.25) is 9.80 Å². The second-order valence-electron chi connectivity index (χ2n) is 8.34. The predicted octanol–water partition coefficient (Wildman–Crippen LogP) is 3.35. The van der Waals surface area contributed by atoms with Gasteiger partial charge in [0.25, 0.3) is 0 Å². The van der Waals surface area contributed by atoms with E-state index >= 15 is 0 Å². The largest absolute Gasteiger partial charge is 0.322 e. The van der Waals surface area contributed by atoms with Gasteiger partial charge in [-0.2, -0.15) is 0 Å². The van der Waals surface area contributed by atoms with Gasteiger partial charge in [0.1, 0.15) is 0 Å². The molecule has 0 unspecified atom stereocenters. The average molecular weight is 367 g/mol. The lowest BCUT2D eigenvalue weighted by Crippen LogP contribution is -2.58. The van der Waals surface area contributed by atoms with E-state index in [4.69, 9.17) is 0 Å². The number of carbonyl (C=O) groups excluding carboxylic acids is 1. The highest BCUT2D eigenvalue weighted by atomic mass is 16.2. The van der Waals surface area contributed by atoms with Crippen molar-refractivity contribution in [1.82, 2.24) is 19.6 Å². The summed E-state index contributed by atoms with van der Waals surface area (Å²) in [6.07, 6.45) is 5.46. The Morgan fingerprint density at radius 3 is 1.69 bits per heavy atom. The molecule has 0 radical (unpaired) electrons. The lowest BCUT2D eigenvalue weighted by Gasteiger charge is -2.44. The molecule has 0 aromatic heterocycles. The molecule has 5 nitrogen and oxygen atoms in total. The molecule has 3 aliphatic rings. The van der Waals surface area contributed by atoms with Gasteiger partial charge in [0.2, 0.25) is 0 Å². The Hall–Kier alpha value is -0.810. The fraction of sp³-hybridized carbons (Fsp3) is 0.952. The Kier molecular flexibility index (Phi) is 8.68. The van der Waals surface area contributed by atoms with Gasteiger partial charge in [0.15, 0.2) is 0 Å². The Morgan fingerprint density at radius 1 is 0.769 bits per heavy atom. The molecule has 0 N–H and O–H groups in total. The zero-order valence-electron chi connectivity index (χ0n) is 17.9. The minimum Gasteiger partial charge on any atom is -0.322 e. The first-order valence-electron chi connectivity index (χ1n) is 11.1. The van der Waals surface area contributed by atoms with Crippen LogP contribution in [0.2, 0.25) is 0 Å². The number of urea groups is 1. The first-order chi connectivity index (χ1) is 12.5. The van der Waals surface area contributed by atoms with Gasteiger partial charge in [0, 0.05) is 64.4 Å². The summed E-state index contributed by atoms with van der Waals surface area (Å²) in [5, 5.41) is 0. The van der Waals surface area contributed by atoms with Crippen molar-refractivity contribution in [3.63, 3.8) is 0 Å². The maximum absolute atomic E-state index is 12.8. The van der Waals surface area contributed by atoms with Crippen molar-refractivity contribution in [3.8, 4) is 0 Å². The number of rotatable bonds is 2. The lowest BCUT2D eigenvalue weighted by molar-refractivity contribution is 0.0605. The standard InChI is InChI=1S/C19H36N4O.C2H6/c1-16(2)20-8-12-22(13-9-20)19(24)23-14-10-21(11-15-23)18-6-4-17(3)5-7-18;1-2/h16-18H,4-15H2,1-3H3;1-2H3. The van der Waals surface area contributed by atoms with Crippen LogP contribution in [0.25, 0.3) is 0 Å². The quantitative estimate of drug-likeness (QED) is 0.751. The first kappa shape index (κ1) is 21.5. The van der Waals surface area contributed by atoms with Gasteiger partial charge in [-0.25, -0.2) is 4.79 Å². The summed E-state index contributed by atoms with van der Waals surface area (Å²) in [5.74, 6) is 0.911. The van der Waals surface area contributed by atoms with Gasteiger partial charge < -0.3 is 9.80 Å². The highest BCUT2D eigenvalue weighted by Gasteiger charge is 2.31. The van der Waals surface area contributed by atoms with Crippen LogP contribution in [0.3, 0.4) is 0 Å². The summed E-state index contributed by atoms with van der Waals surface area (Å²) >= 11 is 0. The molecule has 3 rings (SSSR count). The molecule has 3 fully saturated rings. The highest BCUT2D eigenvalue weighted by molar-refractivity contribution is 5.74. The zero-order valence-corrected chi connectivity index (χ0v) is 17.9. The third-order valence-electron chi connectivity index (χ3n) is 6.40. The van der Waals surface area contributed by atoms with Gasteiger partial charge in [-0.15, -0.1) is 0 Å². The Bertz CT molecular complexity index is 404. The smallest absolute Gasteiger partial charge is 0.320 e. The van der Waals surface area contributed by atoms with E-state index in [-0.39, 0.29) is 6.03 Å². The molecule has 152 valence electrons. The van der Waals surface area contributed by atoms with Gasteiger partial charge in [-0.05, 0) is 45.4 Å². The second kappa shape index (κ2) is 10.5. The Balaban J connectivity index is 0.00000117. The number of hydrogen-bond acceptors (Lipinski definition) is 3. The molecule has 0 atom stereocenters. The van der Waals surface area contributed by atoms with Crippen LogP contribution in [-0.4, -0.2) is 90.1 Å². The number of hydrogen-bond donors (Lipinski definition) is 0. The van der Waals surface area contributed by atoms with Gasteiger partial charge in [0.05, 0.1) is 0 Å². The number of carbonyl (C=O) groups is 1. The van der Waals surface area contributed by atoms with Crippen LogP contribution in [0.15, 0.2) is 0 Å². The molecule has 2 heterocycles. The fourth-order valence-electron chi connectivity index (χ4n) is 4.52. The SMILES string of the molecule is CC.CC1CCC(N2CCN(C(=O)N3CCN(C(C)C)CC3)CC2)CC1. The van der Waals surface area contributed by atoms with Crippen molar-refractivity contribution in [2.24, 2.45) is 5.92 Å². The van der Waals surface area contributed by atoms with Gasteiger partial charge in [-0.1, -0.05) is 20.8 Å². The van der Waals surface area contributed by atoms with E-state index in [1.165, 1.54) is 25.7 Å². The number of piperazine rings is 2. The maximum atomic E-state index is 12.8. The van der Waals surface area contributed by atoms with Crippen molar-refractivity contribution >= 4 is 6.03 Å². The summed E-state index contributed by atoms with van der Waals surface area (Å²) in [5.41, 5.74) is 0. The summed E-state index contributed by atoms with van der Waals surface area (Å²) < 4.78 is 0. The molecule has 1 saturated carbocycles. The fourth-order valence-corrected chi connectivity index (χ4v) is 4.52. The molecule has 2 saturated heterocycles. The molecular formula is C21H42N4O. The molecule has 5 heteroatoms. The van der Waals surface area contributed by atoms with E-state index in [2.05, 4.69) is 40.4 Å². The molecule has 2 amide bonds. The maximum Gasteiger partial charge on any atom is 0.320 e. The third kappa shape index (κ3) is 5.59. The van der Waals surface area contributed by atoms with Gasteiger partial charge >= 0.3 is 6.03 Å². The van der Waals surface area contributed by atoms with E-state index in [9.17, 15) is 4.79 Å². The molecule has 1 aliphatic carbocycles. The van der Waals surface area contributed by atoms with Crippen molar-refractivity contribution in [2.45, 2.75) is 72.4 Å². The molecule has 0 aromatic rings. The summed E-state index contributed by atoms with van der Waals surface area (Å²) in [6.45, 7) is 18.6. The van der Waals surface area contributed by atoms with E-state index in [1.54, 1.807) is 0 Å². The van der Waals surface area contributed by atoms with E-state index in [1.807, 2.05) is 13.8 Å². The van der Waals surface area contributed by atoms with Crippen molar-refractivity contribution in [1.29, 1.82) is 0 Å². The van der Waals surface area contributed by atoms with Crippen LogP contribution < -0.4 is 0 Å². The number of amides is 2. The topological polar surface area (TPSA) is 30.0 Å². The van der Waals surface area contributed by atoms with Crippen LogP contribution >= 0.6 is 0 Å². The monoisotopic (exact) mass is 366 g/mol. The average Bonchev–Trinajstić information content (AvgIpc) is 2.70. The van der Waals surface area contributed by atoms with Crippen molar-refractivity contribution in [2.75, 3.05) is 52.4 Å². The Morgan fingerprint density at radius 2 is 1.23 bits per heavy atom. The Labute approximate surface area is 161 Å². The summed E-state index contributed by atoms with van der Waals surface area (Å²) in [4.78, 5) is 22.0. The van der Waals surface area contributed by atoms with Crippen LogP contribution in [0.1, 0.15) is 60.3 Å². The van der Waals surface area contributed by atoms with Crippen molar-refractivity contribution in [3.05, 3.63) is 0 Å². The molecule has 0 bridgehead atoms. The number of nitrogens with zero attached hydrogens (tertiary/aromatic N) is 4. The predicted molar refractivity (Wildman–Crippen MR) is 110 cm³/mol. The van der Waals surface area contributed by atoms with E-state index in [0.29, 0.717) is 6.04 Å². The molecule has 26 heavy (non-hydrogen) atoms. The molecule has 0 aromatic carbocycles. The zero-order chi connectivity index (χ0) is 19.1. The summed E-state index contributed by atoms with van der Waals surface area (Å²) in [7, 11) is 0. The minimum absolute atomic E-state index is 0.273.